The maximum atomic E-state index is 10.5. The van der Waals surface area contributed by atoms with E-state index in [1.54, 1.807) is 14.2 Å². The van der Waals surface area contributed by atoms with E-state index in [9.17, 15) is 5.11 Å². The van der Waals surface area contributed by atoms with Gasteiger partial charge in [-0.05, 0) is 54.9 Å². The van der Waals surface area contributed by atoms with E-state index in [1.807, 2.05) is 18.2 Å². The molecule has 1 atom stereocenters. The van der Waals surface area contributed by atoms with E-state index < -0.39 is 6.10 Å². The van der Waals surface area contributed by atoms with Gasteiger partial charge in [0.1, 0.15) is 11.5 Å². The van der Waals surface area contributed by atoms with Crippen LogP contribution < -0.4 is 9.47 Å². The number of aliphatic hydroxyl groups is 1. The Morgan fingerprint density at radius 3 is 2.71 bits per heavy atom. The molecule has 1 aromatic rings. The van der Waals surface area contributed by atoms with Gasteiger partial charge in [-0.15, -0.1) is 0 Å². The zero-order valence-corrected chi connectivity index (χ0v) is 15.2. The Balaban J connectivity index is 2.00. The Labute approximate surface area is 145 Å². The van der Waals surface area contributed by atoms with Crippen molar-refractivity contribution in [3.05, 3.63) is 35.4 Å². The first-order chi connectivity index (χ1) is 11.5. The van der Waals surface area contributed by atoms with E-state index in [0.29, 0.717) is 12.8 Å². The van der Waals surface area contributed by atoms with Crippen molar-refractivity contribution in [1.29, 1.82) is 0 Å². The Morgan fingerprint density at radius 2 is 2.04 bits per heavy atom. The number of methoxy groups -OCH3 is 2. The molecule has 1 unspecified atom stereocenters. The van der Waals surface area contributed by atoms with Gasteiger partial charge in [-0.1, -0.05) is 31.8 Å². The Bertz CT molecular complexity index is 647. The van der Waals surface area contributed by atoms with Crippen molar-refractivity contribution < 1.29 is 14.6 Å². The van der Waals surface area contributed by atoms with E-state index in [-0.39, 0.29) is 5.41 Å². The summed E-state index contributed by atoms with van der Waals surface area (Å²) >= 11 is 0. The maximum Gasteiger partial charge on any atom is 0.134 e. The monoisotopic (exact) mass is 328 g/mol. The van der Waals surface area contributed by atoms with Crippen LogP contribution in [0.5, 0.6) is 11.5 Å². The van der Waals surface area contributed by atoms with Crippen LogP contribution in [0.1, 0.15) is 51.5 Å². The zero-order valence-electron chi connectivity index (χ0n) is 15.2. The second-order valence-corrected chi connectivity index (χ2v) is 6.86. The third-order valence-electron chi connectivity index (χ3n) is 4.68. The molecule has 1 aromatic carbocycles. The summed E-state index contributed by atoms with van der Waals surface area (Å²) in [5.74, 6) is 7.78. The summed E-state index contributed by atoms with van der Waals surface area (Å²) < 4.78 is 10.6. The molecular formula is C21H28O3. The minimum absolute atomic E-state index is 0.0983. The first kappa shape index (κ1) is 18.4. The van der Waals surface area contributed by atoms with Crippen LogP contribution in [-0.2, 0) is 0 Å². The minimum Gasteiger partial charge on any atom is -0.497 e. The molecule has 0 aromatic heterocycles. The van der Waals surface area contributed by atoms with Crippen molar-refractivity contribution in [2.45, 2.75) is 52.1 Å². The van der Waals surface area contributed by atoms with E-state index in [4.69, 9.17) is 9.47 Å². The van der Waals surface area contributed by atoms with Crippen LogP contribution in [0, 0.1) is 17.3 Å². The van der Waals surface area contributed by atoms with Gasteiger partial charge in [0.25, 0.3) is 0 Å². The van der Waals surface area contributed by atoms with Crippen LogP contribution in [0.15, 0.2) is 29.8 Å². The van der Waals surface area contributed by atoms with Crippen molar-refractivity contribution in [2.75, 3.05) is 14.2 Å². The fourth-order valence-electron chi connectivity index (χ4n) is 3.24. The van der Waals surface area contributed by atoms with Crippen molar-refractivity contribution in [2.24, 2.45) is 5.41 Å². The van der Waals surface area contributed by atoms with Gasteiger partial charge in [-0.3, -0.25) is 0 Å². The number of ether oxygens (including phenoxy) is 2. The first-order valence-electron chi connectivity index (χ1n) is 8.57. The molecule has 3 heteroatoms. The average Bonchev–Trinajstić information content (AvgIpc) is 2.57. The molecule has 3 nitrogen and oxygen atoms in total. The van der Waals surface area contributed by atoms with Gasteiger partial charge in [0.05, 0.1) is 25.9 Å². The number of aliphatic hydroxyl groups excluding tert-OH is 1. The molecule has 0 saturated carbocycles. The normalized spacial score (nSPS) is 17.3. The van der Waals surface area contributed by atoms with Crippen molar-refractivity contribution in [3.63, 3.8) is 0 Å². The van der Waals surface area contributed by atoms with Gasteiger partial charge < -0.3 is 14.6 Å². The van der Waals surface area contributed by atoms with Crippen LogP contribution in [0.3, 0.4) is 0 Å². The lowest BCUT2D eigenvalue weighted by molar-refractivity contribution is 0.164. The topological polar surface area (TPSA) is 38.7 Å². The molecule has 1 aliphatic carbocycles. The molecule has 0 fully saturated rings. The Morgan fingerprint density at radius 1 is 1.25 bits per heavy atom. The van der Waals surface area contributed by atoms with E-state index >= 15 is 0 Å². The molecule has 0 radical (unpaired) electrons. The summed E-state index contributed by atoms with van der Waals surface area (Å²) in [7, 11) is 3.27. The SMILES string of the molecule is COc1ccc(OC)c(C#CCCC(O)C2=CCCCC2(C)C)c1. The highest BCUT2D eigenvalue weighted by atomic mass is 16.5. The van der Waals surface area contributed by atoms with Crippen molar-refractivity contribution in [1.82, 2.24) is 0 Å². The maximum absolute atomic E-state index is 10.5. The highest BCUT2D eigenvalue weighted by molar-refractivity contribution is 5.50. The highest BCUT2D eigenvalue weighted by Gasteiger charge is 2.29. The largest absolute Gasteiger partial charge is 0.497 e. The summed E-state index contributed by atoms with van der Waals surface area (Å²) in [5, 5.41) is 10.5. The predicted octanol–water partition coefficient (Wildman–Crippen LogP) is 4.33. The first-order valence-corrected chi connectivity index (χ1v) is 8.57. The lowest BCUT2D eigenvalue weighted by Crippen LogP contribution is -2.27. The molecule has 2 rings (SSSR count). The highest BCUT2D eigenvalue weighted by Crippen LogP contribution is 2.39. The lowest BCUT2D eigenvalue weighted by atomic mass is 9.73. The minimum atomic E-state index is -0.401. The standard InChI is InChI=1S/C21H28O3/c1-21(2)14-8-7-10-18(21)19(22)11-6-5-9-16-15-17(23-3)12-13-20(16)24-4/h10,12-13,15,19,22H,6-8,11,14H2,1-4H3. The van der Waals surface area contributed by atoms with Gasteiger partial charge in [0, 0.05) is 6.42 Å². The third-order valence-corrected chi connectivity index (χ3v) is 4.68. The summed E-state index contributed by atoms with van der Waals surface area (Å²) in [4.78, 5) is 0. The van der Waals surface area contributed by atoms with E-state index in [0.717, 1.165) is 29.9 Å². The van der Waals surface area contributed by atoms with Crippen LogP contribution in [0.2, 0.25) is 0 Å². The summed E-state index contributed by atoms with van der Waals surface area (Å²) in [6, 6.07) is 5.58. The van der Waals surface area contributed by atoms with Crippen LogP contribution in [0.25, 0.3) is 0 Å². The predicted molar refractivity (Wildman–Crippen MR) is 97.4 cm³/mol. The molecule has 0 spiro atoms. The molecule has 1 aliphatic rings. The Kier molecular flexibility index (Phi) is 6.34. The number of benzene rings is 1. The summed E-state index contributed by atoms with van der Waals surface area (Å²) in [6.07, 6.45) is 6.54. The summed E-state index contributed by atoms with van der Waals surface area (Å²) in [6.45, 7) is 4.43. The number of hydrogen-bond acceptors (Lipinski definition) is 3. The van der Waals surface area contributed by atoms with Gasteiger partial charge in [-0.2, -0.15) is 0 Å². The summed E-state index contributed by atoms with van der Waals surface area (Å²) in [5.41, 5.74) is 2.08. The fraction of sp³-hybridized carbons (Fsp3) is 0.524. The lowest BCUT2D eigenvalue weighted by Gasteiger charge is -2.34. The zero-order chi connectivity index (χ0) is 17.6. The number of allylic oxidation sites excluding steroid dienone is 1. The van der Waals surface area contributed by atoms with Crippen LogP contribution >= 0.6 is 0 Å². The van der Waals surface area contributed by atoms with Gasteiger partial charge in [0.2, 0.25) is 0 Å². The second-order valence-electron chi connectivity index (χ2n) is 6.86. The molecule has 0 aliphatic heterocycles. The van der Waals surface area contributed by atoms with Crippen LogP contribution in [0.4, 0.5) is 0 Å². The third kappa shape index (κ3) is 4.55. The van der Waals surface area contributed by atoms with Crippen molar-refractivity contribution in [3.8, 4) is 23.3 Å². The Hall–Kier alpha value is -1.92. The average molecular weight is 328 g/mol. The molecule has 0 heterocycles. The van der Waals surface area contributed by atoms with Gasteiger partial charge in [0.15, 0.2) is 0 Å². The quantitative estimate of drug-likeness (QED) is 0.646. The van der Waals surface area contributed by atoms with E-state index in [1.165, 1.54) is 12.0 Å². The molecular weight excluding hydrogens is 300 g/mol. The molecule has 0 amide bonds. The molecule has 1 N–H and O–H groups in total. The van der Waals surface area contributed by atoms with Crippen molar-refractivity contribution >= 4 is 0 Å². The van der Waals surface area contributed by atoms with E-state index in [2.05, 4.69) is 31.8 Å². The second kappa shape index (κ2) is 8.26. The molecule has 0 bridgehead atoms. The molecule has 24 heavy (non-hydrogen) atoms. The van der Waals surface area contributed by atoms with Crippen LogP contribution in [-0.4, -0.2) is 25.4 Å². The van der Waals surface area contributed by atoms with Gasteiger partial charge >= 0.3 is 0 Å². The number of hydrogen-bond donors (Lipinski definition) is 1. The fourth-order valence-corrected chi connectivity index (χ4v) is 3.24. The van der Waals surface area contributed by atoms with Gasteiger partial charge in [-0.25, -0.2) is 0 Å². The smallest absolute Gasteiger partial charge is 0.134 e. The number of rotatable bonds is 5. The molecule has 130 valence electrons. The molecule has 0 saturated heterocycles.